The fraction of sp³-hybridized carbons (Fsp3) is 0.0833. The minimum Gasteiger partial charge on any atom is -0.478 e. The normalized spacial score (nSPS) is 10.1. The Kier molecular flexibility index (Phi) is 2.64. The molecule has 0 saturated carbocycles. The van der Waals surface area contributed by atoms with Crippen molar-refractivity contribution in [2.75, 3.05) is 0 Å². The maximum Gasteiger partial charge on any atom is 0.337 e. The molecule has 0 radical (unpaired) electrons. The predicted octanol–water partition coefficient (Wildman–Crippen LogP) is 2.15. The molecule has 0 bridgehead atoms. The first-order chi connectivity index (χ1) is 7.66. The van der Waals surface area contributed by atoms with Crippen LogP contribution in [0, 0.1) is 6.92 Å². The summed E-state index contributed by atoms with van der Waals surface area (Å²) >= 11 is 0. The monoisotopic (exact) mass is 214 g/mol. The van der Waals surface area contributed by atoms with Crippen LogP contribution in [0.25, 0.3) is 11.3 Å². The van der Waals surface area contributed by atoms with Gasteiger partial charge in [-0.15, -0.1) is 0 Å². The van der Waals surface area contributed by atoms with E-state index in [9.17, 15) is 4.79 Å². The number of aryl methyl sites for hydroxylation is 1. The lowest BCUT2D eigenvalue weighted by Gasteiger charge is -2.01. The van der Waals surface area contributed by atoms with Gasteiger partial charge in [0.15, 0.2) is 0 Å². The van der Waals surface area contributed by atoms with E-state index in [0.717, 1.165) is 17.0 Å². The second-order valence-corrected chi connectivity index (χ2v) is 3.42. The molecule has 0 spiro atoms. The van der Waals surface area contributed by atoms with Crippen LogP contribution in [0.3, 0.4) is 0 Å². The van der Waals surface area contributed by atoms with Crippen LogP contribution < -0.4 is 0 Å². The van der Waals surface area contributed by atoms with Crippen molar-refractivity contribution in [2.45, 2.75) is 6.92 Å². The molecule has 0 saturated heterocycles. The van der Waals surface area contributed by atoms with Gasteiger partial charge in [-0.3, -0.25) is 9.97 Å². The second-order valence-electron chi connectivity index (χ2n) is 3.42. The van der Waals surface area contributed by atoms with Crippen LogP contribution in [0.2, 0.25) is 0 Å². The Morgan fingerprint density at radius 3 is 2.62 bits per heavy atom. The minimum absolute atomic E-state index is 0.189. The van der Waals surface area contributed by atoms with Gasteiger partial charge in [0.05, 0.1) is 11.3 Å². The summed E-state index contributed by atoms with van der Waals surface area (Å²) in [6.07, 6.45) is 3.06. The van der Waals surface area contributed by atoms with Crippen LogP contribution in [0.4, 0.5) is 0 Å². The van der Waals surface area contributed by atoms with Crippen molar-refractivity contribution in [3.8, 4) is 11.3 Å². The molecule has 4 heteroatoms. The van der Waals surface area contributed by atoms with E-state index in [1.807, 2.05) is 19.1 Å². The number of pyridine rings is 2. The van der Waals surface area contributed by atoms with Gasteiger partial charge in [0.25, 0.3) is 0 Å². The summed E-state index contributed by atoms with van der Waals surface area (Å²) in [6.45, 7) is 1.90. The second kappa shape index (κ2) is 4.10. The van der Waals surface area contributed by atoms with E-state index < -0.39 is 5.97 Å². The standard InChI is InChI=1S/C12H10N2O2/c1-8-6-9(4-5-13-8)11-3-2-10(7-14-11)12(15)16/h2-7H,1H3,(H,15,16). The zero-order valence-electron chi connectivity index (χ0n) is 8.71. The number of aromatic nitrogens is 2. The Balaban J connectivity index is 2.38. The zero-order chi connectivity index (χ0) is 11.5. The van der Waals surface area contributed by atoms with Crippen molar-refractivity contribution in [2.24, 2.45) is 0 Å². The summed E-state index contributed by atoms with van der Waals surface area (Å²) < 4.78 is 0. The van der Waals surface area contributed by atoms with Gasteiger partial charge in [-0.05, 0) is 31.2 Å². The van der Waals surface area contributed by atoms with Crippen LogP contribution in [-0.2, 0) is 0 Å². The average molecular weight is 214 g/mol. The van der Waals surface area contributed by atoms with Gasteiger partial charge < -0.3 is 5.11 Å². The maximum absolute atomic E-state index is 10.7. The summed E-state index contributed by atoms with van der Waals surface area (Å²) in [5, 5.41) is 8.74. The first-order valence-electron chi connectivity index (χ1n) is 4.79. The summed E-state index contributed by atoms with van der Waals surface area (Å²) in [6, 6.07) is 6.98. The summed E-state index contributed by atoms with van der Waals surface area (Å²) in [4.78, 5) is 18.8. The number of rotatable bonds is 2. The van der Waals surface area contributed by atoms with Gasteiger partial charge in [-0.25, -0.2) is 4.79 Å². The third-order valence-corrected chi connectivity index (χ3v) is 2.20. The van der Waals surface area contributed by atoms with Crippen molar-refractivity contribution in [1.82, 2.24) is 9.97 Å². The zero-order valence-corrected chi connectivity index (χ0v) is 8.71. The average Bonchev–Trinajstić information content (AvgIpc) is 2.29. The Morgan fingerprint density at radius 2 is 2.06 bits per heavy atom. The lowest BCUT2D eigenvalue weighted by molar-refractivity contribution is 0.0696. The fourth-order valence-corrected chi connectivity index (χ4v) is 1.40. The summed E-state index contributed by atoms with van der Waals surface area (Å²) in [5.41, 5.74) is 2.77. The highest BCUT2D eigenvalue weighted by molar-refractivity contribution is 5.87. The minimum atomic E-state index is -0.968. The molecule has 16 heavy (non-hydrogen) atoms. The van der Waals surface area contributed by atoms with Crippen LogP contribution in [0.5, 0.6) is 0 Å². The number of hydrogen-bond donors (Lipinski definition) is 1. The molecule has 2 rings (SSSR count). The first kappa shape index (κ1) is 10.3. The lowest BCUT2D eigenvalue weighted by Crippen LogP contribution is -1.97. The number of carboxylic acids is 1. The molecule has 0 aliphatic rings. The molecule has 0 aliphatic carbocycles. The van der Waals surface area contributed by atoms with E-state index in [4.69, 9.17) is 5.11 Å². The van der Waals surface area contributed by atoms with Gasteiger partial charge >= 0.3 is 5.97 Å². The maximum atomic E-state index is 10.7. The van der Waals surface area contributed by atoms with Crippen molar-refractivity contribution < 1.29 is 9.90 Å². The topological polar surface area (TPSA) is 63.1 Å². The quantitative estimate of drug-likeness (QED) is 0.831. The van der Waals surface area contributed by atoms with Gasteiger partial charge in [-0.2, -0.15) is 0 Å². The number of carboxylic acid groups (broad SMARTS) is 1. The molecule has 2 aromatic rings. The van der Waals surface area contributed by atoms with E-state index >= 15 is 0 Å². The molecule has 2 aromatic heterocycles. The van der Waals surface area contributed by atoms with E-state index in [-0.39, 0.29) is 5.56 Å². The van der Waals surface area contributed by atoms with Gasteiger partial charge in [-0.1, -0.05) is 0 Å². The highest BCUT2D eigenvalue weighted by Gasteiger charge is 2.04. The Labute approximate surface area is 92.6 Å². The number of hydrogen-bond acceptors (Lipinski definition) is 3. The Hall–Kier alpha value is -2.23. The summed E-state index contributed by atoms with van der Waals surface area (Å²) in [5.74, 6) is -0.968. The Bertz CT molecular complexity index is 521. The van der Waals surface area contributed by atoms with E-state index in [1.54, 1.807) is 18.3 Å². The molecule has 80 valence electrons. The van der Waals surface area contributed by atoms with E-state index in [1.165, 1.54) is 6.20 Å². The smallest absolute Gasteiger partial charge is 0.337 e. The molecular weight excluding hydrogens is 204 g/mol. The molecule has 0 aromatic carbocycles. The van der Waals surface area contributed by atoms with Gasteiger partial charge in [0.2, 0.25) is 0 Å². The molecule has 0 unspecified atom stereocenters. The predicted molar refractivity (Wildman–Crippen MR) is 59.2 cm³/mol. The number of aromatic carboxylic acids is 1. The molecular formula is C12H10N2O2. The highest BCUT2D eigenvalue weighted by Crippen LogP contribution is 2.16. The highest BCUT2D eigenvalue weighted by atomic mass is 16.4. The van der Waals surface area contributed by atoms with Crippen LogP contribution in [0.1, 0.15) is 16.1 Å². The van der Waals surface area contributed by atoms with Gasteiger partial charge in [0.1, 0.15) is 0 Å². The van der Waals surface area contributed by atoms with Crippen molar-refractivity contribution >= 4 is 5.97 Å². The summed E-state index contributed by atoms with van der Waals surface area (Å²) in [7, 11) is 0. The third kappa shape index (κ3) is 2.06. The molecule has 4 nitrogen and oxygen atoms in total. The van der Waals surface area contributed by atoms with Crippen LogP contribution in [0.15, 0.2) is 36.7 Å². The van der Waals surface area contributed by atoms with Crippen molar-refractivity contribution in [3.63, 3.8) is 0 Å². The van der Waals surface area contributed by atoms with Crippen molar-refractivity contribution in [1.29, 1.82) is 0 Å². The molecule has 2 heterocycles. The number of nitrogens with zero attached hydrogens (tertiary/aromatic N) is 2. The third-order valence-electron chi connectivity index (χ3n) is 2.20. The van der Waals surface area contributed by atoms with E-state index in [0.29, 0.717) is 0 Å². The SMILES string of the molecule is Cc1cc(-c2ccc(C(=O)O)cn2)ccn1. The lowest BCUT2D eigenvalue weighted by atomic mass is 10.1. The fourth-order valence-electron chi connectivity index (χ4n) is 1.40. The molecule has 0 atom stereocenters. The molecule has 0 aliphatic heterocycles. The van der Waals surface area contributed by atoms with Crippen molar-refractivity contribution in [3.05, 3.63) is 47.9 Å². The molecule has 0 amide bonds. The van der Waals surface area contributed by atoms with Crippen LogP contribution in [-0.4, -0.2) is 21.0 Å². The number of carbonyl (C=O) groups is 1. The Morgan fingerprint density at radius 1 is 1.25 bits per heavy atom. The van der Waals surface area contributed by atoms with Gasteiger partial charge in [0, 0.05) is 23.7 Å². The largest absolute Gasteiger partial charge is 0.478 e. The first-order valence-corrected chi connectivity index (χ1v) is 4.79. The van der Waals surface area contributed by atoms with E-state index in [2.05, 4.69) is 9.97 Å². The van der Waals surface area contributed by atoms with Crippen LogP contribution >= 0.6 is 0 Å². The molecule has 0 fully saturated rings. The molecule has 1 N–H and O–H groups in total.